The summed E-state index contributed by atoms with van der Waals surface area (Å²) >= 11 is 0. The molecular formula is C20H26FN9O. The van der Waals surface area contributed by atoms with Crippen LogP contribution in [0.15, 0.2) is 24.5 Å². The lowest BCUT2D eigenvalue weighted by Crippen LogP contribution is -2.47. The molecule has 0 aliphatic carbocycles. The predicted octanol–water partition coefficient (Wildman–Crippen LogP) is 0.688. The zero-order chi connectivity index (χ0) is 21.8. The van der Waals surface area contributed by atoms with Gasteiger partial charge < -0.3 is 16.0 Å². The van der Waals surface area contributed by atoms with Crippen molar-refractivity contribution in [3.8, 4) is 6.07 Å². The number of pyridine rings is 1. The minimum atomic E-state index is -0.647. The molecule has 2 aromatic heterocycles. The molecule has 2 aliphatic heterocycles. The second-order valence-corrected chi connectivity index (χ2v) is 8.18. The smallest absolute Gasteiger partial charge is 0.254 e. The number of halogens is 1. The molecule has 4 heterocycles. The first-order valence-corrected chi connectivity index (χ1v) is 10.3. The zero-order valence-corrected chi connectivity index (χ0v) is 17.1. The Hall–Kier alpha value is -3.07. The molecule has 11 heteroatoms. The molecule has 0 unspecified atom stereocenters. The van der Waals surface area contributed by atoms with Crippen molar-refractivity contribution < 1.29 is 9.18 Å². The normalized spacial score (nSPS) is 19.2. The third kappa shape index (κ3) is 4.66. The first-order chi connectivity index (χ1) is 15.0. The third-order valence-corrected chi connectivity index (χ3v) is 6.07. The lowest BCUT2D eigenvalue weighted by atomic mass is 9.84. The van der Waals surface area contributed by atoms with E-state index >= 15 is 0 Å². The summed E-state index contributed by atoms with van der Waals surface area (Å²) in [5, 5.41) is 17.0. The predicted molar refractivity (Wildman–Crippen MR) is 112 cm³/mol. The Morgan fingerprint density at radius 2 is 2.13 bits per heavy atom. The van der Waals surface area contributed by atoms with E-state index in [1.807, 2.05) is 0 Å². The van der Waals surface area contributed by atoms with Gasteiger partial charge in [0.1, 0.15) is 5.56 Å². The molecule has 2 saturated heterocycles. The number of primary amides is 1. The van der Waals surface area contributed by atoms with E-state index in [1.165, 1.54) is 12.3 Å². The summed E-state index contributed by atoms with van der Waals surface area (Å²) in [6, 6.07) is 5.07. The fourth-order valence-corrected chi connectivity index (χ4v) is 4.29. The van der Waals surface area contributed by atoms with Crippen LogP contribution in [0.2, 0.25) is 0 Å². The average molecular weight is 427 g/mol. The van der Waals surface area contributed by atoms with Crippen molar-refractivity contribution in [1.82, 2.24) is 30.5 Å². The zero-order valence-electron chi connectivity index (χ0n) is 17.1. The van der Waals surface area contributed by atoms with Crippen LogP contribution in [0.3, 0.4) is 0 Å². The summed E-state index contributed by atoms with van der Waals surface area (Å²) in [7, 11) is 0. The van der Waals surface area contributed by atoms with Crippen molar-refractivity contribution in [3.05, 3.63) is 36.0 Å². The number of amides is 1. The molecule has 0 atom stereocenters. The lowest BCUT2D eigenvalue weighted by molar-refractivity contribution is 0.0934. The van der Waals surface area contributed by atoms with Crippen LogP contribution in [-0.4, -0.2) is 58.3 Å². The van der Waals surface area contributed by atoms with Gasteiger partial charge in [0.05, 0.1) is 18.0 Å². The number of piperidine rings is 1. The monoisotopic (exact) mass is 427 g/mol. The number of carbonyl (C=O) groups excluding carboxylic acids is 1. The molecule has 0 spiro atoms. The van der Waals surface area contributed by atoms with E-state index in [2.05, 4.69) is 37.2 Å². The van der Waals surface area contributed by atoms with Crippen LogP contribution < -0.4 is 21.9 Å². The highest BCUT2D eigenvalue weighted by Crippen LogP contribution is 2.35. The molecule has 5 N–H and O–H groups in total. The molecule has 0 radical (unpaired) electrons. The number of hydrogen-bond acceptors (Lipinski definition) is 8. The second kappa shape index (κ2) is 8.97. The first kappa shape index (κ1) is 21.2. The Bertz CT molecular complexity index is 971. The highest BCUT2D eigenvalue weighted by Gasteiger charge is 2.38. The number of nitrogens with zero attached hydrogens (tertiary/aromatic N) is 5. The standard InChI is InChI=1S/C20H26FN9O/c21-17-9-15(1-6-24-17)27-19-16(18(23)31)13-30(28-19)20(2-5-22)3-7-29(8-4-20)12-14-10-25-26-11-14/h1,6,9,13-14,25-26H,2-4,7-8,10-12H2,(H2,23,31)(H,24,27,28). The van der Waals surface area contributed by atoms with Crippen molar-refractivity contribution in [1.29, 1.82) is 5.26 Å². The van der Waals surface area contributed by atoms with Gasteiger partial charge in [0, 0.05) is 56.9 Å². The van der Waals surface area contributed by atoms with Crippen LogP contribution in [-0.2, 0) is 5.54 Å². The molecule has 31 heavy (non-hydrogen) atoms. The molecule has 0 saturated carbocycles. The molecule has 2 fully saturated rings. The van der Waals surface area contributed by atoms with Gasteiger partial charge in [-0.3, -0.25) is 20.3 Å². The summed E-state index contributed by atoms with van der Waals surface area (Å²) < 4.78 is 15.2. The van der Waals surface area contributed by atoms with Crippen molar-refractivity contribution in [2.24, 2.45) is 11.7 Å². The van der Waals surface area contributed by atoms with Crippen LogP contribution in [0, 0.1) is 23.2 Å². The molecule has 10 nitrogen and oxygen atoms in total. The van der Waals surface area contributed by atoms with Gasteiger partial charge in [-0.2, -0.15) is 14.8 Å². The summed E-state index contributed by atoms with van der Waals surface area (Å²) in [4.78, 5) is 18.0. The number of hydrazine groups is 1. The Morgan fingerprint density at radius 1 is 1.39 bits per heavy atom. The number of nitrogens with one attached hydrogen (secondary N) is 3. The largest absolute Gasteiger partial charge is 0.365 e. The fraction of sp³-hybridized carbons (Fsp3) is 0.500. The molecule has 4 rings (SSSR count). The molecule has 1 amide bonds. The Kier molecular flexibility index (Phi) is 6.13. The molecule has 0 bridgehead atoms. The number of nitriles is 1. The summed E-state index contributed by atoms with van der Waals surface area (Å²) in [5.41, 5.74) is 12.0. The van der Waals surface area contributed by atoms with Crippen LogP contribution in [0.25, 0.3) is 0 Å². The summed E-state index contributed by atoms with van der Waals surface area (Å²) in [6.07, 6.45) is 4.66. The van der Waals surface area contributed by atoms with Crippen LogP contribution in [0.1, 0.15) is 29.6 Å². The molecule has 2 aromatic rings. The average Bonchev–Trinajstić information content (AvgIpc) is 3.40. The van der Waals surface area contributed by atoms with Gasteiger partial charge in [0.25, 0.3) is 5.91 Å². The van der Waals surface area contributed by atoms with Gasteiger partial charge in [-0.1, -0.05) is 0 Å². The Balaban J connectivity index is 1.55. The number of likely N-dealkylation sites (tertiary alicyclic amines) is 1. The number of aromatic nitrogens is 3. The van der Waals surface area contributed by atoms with E-state index in [0.29, 0.717) is 11.6 Å². The van der Waals surface area contributed by atoms with Crippen LogP contribution in [0.5, 0.6) is 0 Å². The number of anilines is 2. The highest BCUT2D eigenvalue weighted by molar-refractivity contribution is 5.98. The van der Waals surface area contributed by atoms with Crippen LogP contribution in [0.4, 0.5) is 15.9 Å². The van der Waals surface area contributed by atoms with Crippen molar-refractivity contribution in [2.75, 3.05) is 38.0 Å². The Labute approximate surface area is 179 Å². The number of rotatable bonds is 7. The van der Waals surface area contributed by atoms with Gasteiger partial charge in [-0.05, 0) is 24.8 Å². The van der Waals surface area contributed by atoms with E-state index in [9.17, 15) is 14.4 Å². The summed E-state index contributed by atoms with van der Waals surface area (Å²) in [6.45, 7) is 4.57. The SMILES string of the molecule is N#CCC1(n2cc(C(N)=O)c(Nc3ccnc(F)c3)n2)CCN(CC2CNNC2)CC1. The van der Waals surface area contributed by atoms with Crippen molar-refractivity contribution in [3.63, 3.8) is 0 Å². The number of nitrogens with two attached hydrogens (primary N) is 1. The molecular weight excluding hydrogens is 401 g/mol. The molecule has 2 aliphatic rings. The van der Waals surface area contributed by atoms with Gasteiger partial charge in [-0.25, -0.2) is 4.98 Å². The van der Waals surface area contributed by atoms with Crippen molar-refractivity contribution in [2.45, 2.75) is 24.8 Å². The van der Waals surface area contributed by atoms with E-state index in [-0.39, 0.29) is 17.8 Å². The van der Waals surface area contributed by atoms with Gasteiger partial charge in [-0.15, -0.1) is 0 Å². The topological polar surface area (TPSA) is 137 Å². The molecule has 164 valence electrons. The fourth-order valence-electron chi connectivity index (χ4n) is 4.29. The van der Waals surface area contributed by atoms with Gasteiger partial charge >= 0.3 is 0 Å². The van der Waals surface area contributed by atoms with E-state index < -0.39 is 17.4 Å². The minimum Gasteiger partial charge on any atom is -0.365 e. The molecule has 0 aromatic carbocycles. The van der Waals surface area contributed by atoms with Gasteiger partial charge in [0.15, 0.2) is 5.82 Å². The number of carbonyl (C=O) groups is 1. The van der Waals surface area contributed by atoms with E-state index in [1.54, 1.807) is 16.9 Å². The Morgan fingerprint density at radius 3 is 2.77 bits per heavy atom. The van der Waals surface area contributed by atoms with Gasteiger partial charge in [0.2, 0.25) is 5.95 Å². The second-order valence-electron chi connectivity index (χ2n) is 8.18. The lowest BCUT2D eigenvalue weighted by Gasteiger charge is -2.41. The quantitative estimate of drug-likeness (QED) is 0.474. The highest BCUT2D eigenvalue weighted by atomic mass is 19.1. The van der Waals surface area contributed by atoms with Crippen LogP contribution >= 0.6 is 0 Å². The third-order valence-electron chi connectivity index (χ3n) is 6.07. The maximum atomic E-state index is 13.5. The van der Waals surface area contributed by atoms with Crippen molar-refractivity contribution >= 4 is 17.4 Å². The summed E-state index contributed by atoms with van der Waals surface area (Å²) in [5.74, 6) is -0.493. The maximum Gasteiger partial charge on any atom is 0.254 e. The maximum absolute atomic E-state index is 13.5. The minimum absolute atomic E-state index is 0.195. The number of hydrogen-bond donors (Lipinski definition) is 4. The van der Waals surface area contributed by atoms with E-state index in [0.717, 1.165) is 45.6 Å². The first-order valence-electron chi connectivity index (χ1n) is 10.3. The van der Waals surface area contributed by atoms with E-state index in [4.69, 9.17) is 5.73 Å².